The van der Waals surface area contributed by atoms with Crippen molar-refractivity contribution in [2.75, 3.05) is 0 Å². The zero-order chi connectivity index (χ0) is 13.4. The molecule has 98 valence electrons. The molecule has 3 rings (SSSR count). The number of nitrogens with one attached hydrogen (secondary N) is 1. The van der Waals surface area contributed by atoms with Crippen LogP contribution in [0.5, 0.6) is 0 Å². The predicted octanol–water partition coefficient (Wildman–Crippen LogP) is 3.11. The van der Waals surface area contributed by atoms with Crippen molar-refractivity contribution >= 4 is 11.6 Å². The van der Waals surface area contributed by atoms with E-state index in [-0.39, 0.29) is 10.6 Å². The topological polar surface area (TPSA) is 45.8 Å². The van der Waals surface area contributed by atoms with Gasteiger partial charge in [-0.2, -0.15) is 0 Å². The number of hydrogen-bond acceptors (Lipinski definition) is 2. The Hall–Kier alpha value is -1.68. The lowest BCUT2D eigenvalue weighted by atomic mass is 9.97. The van der Waals surface area contributed by atoms with Crippen LogP contribution in [0.3, 0.4) is 0 Å². The van der Waals surface area contributed by atoms with Gasteiger partial charge in [0, 0.05) is 11.1 Å². The summed E-state index contributed by atoms with van der Waals surface area (Å²) in [6.07, 6.45) is 3.64. The summed E-state index contributed by atoms with van der Waals surface area (Å²) in [4.78, 5) is 19.2. The number of hydrogen-bond donors (Lipinski definition) is 1. The van der Waals surface area contributed by atoms with E-state index >= 15 is 0 Å². The lowest BCUT2D eigenvalue weighted by Gasteiger charge is -2.14. The van der Waals surface area contributed by atoms with Gasteiger partial charge < -0.3 is 4.98 Å². The van der Waals surface area contributed by atoms with Gasteiger partial charge in [-0.3, -0.25) is 4.79 Å². The van der Waals surface area contributed by atoms with Crippen LogP contribution < -0.4 is 5.56 Å². The second-order valence-electron chi connectivity index (χ2n) is 4.68. The van der Waals surface area contributed by atoms with Gasteiger partial charge in [0.1, 0.15) is 11.6 Å². The average molecular weight is 279 g/mol. The molecule has 5 heteroatoms. The van der Waals surface area contributed by atoms with Gasteiger partial charge in [-0.1, -0.05) is 11.6 Å². The number of aryl methyl sites for hydroxylation is 1. The van der Waals surface area contributed by atoms with E-state index in [0.29, 0.717) is 11.4 Å². The van der Waals surface area contributed by atoms with E-state index in [9.17, 15) is 9.18 Å². The molecule has 0 amide bonds. The molecule has 0 atom stereocenters. The highest BCUT2D eigenvalue weighted by molar-refractivity contribution is 6.30. The van der Waals surface area contributed by atoms with Gasteiger partial charge in [-0.15, -0.1) is 0 Å². The van der Waals surface area contributed by atoms with Gasteiger partial charge in [0.15, 0.2) is 0 Å². The highest BCUT2D eigenvalue weighted by atomic mass is 35.5. The molecule has 2 aromatic rings. The Balaban J connectivity index is 2.12. The molecule has 0 spiro atoms. The SMILES string of the molecule is O=c1[nH]c(-c2ccc(Cl)c(F)c2)nc2c1CCCC2. The smallest absolute Gasteiger partial charge is 0.254 e. The fraction of sp³-hybridized carbons (Fsp3) is 0.286. The summed E-state index contributed by atoms with van der Waals surface area (Å²) in [6, 6.07) is 4.40. The first-order valence-corrected chi connectivity index (χ1v) is 6.60. The molecule has 0 radical (unpaired) electrons. The molecule has 1 aliphatic carbocycles. The number of H-pyrrole nitrogens is 1. The molecule has 1 heterocycles. The van der Waals surface area contributed by atoms with Crippen LogP contribution in [-0.4, -0.2) is 9.97 Å². The molecular formula is C14H12ClFN2O. The number of benzene rings is 1. The molecule has 19 heavy (non-hydrogen) atoms. The molecule has 0 saturated carbocycles. The Kier molecular flexibility index (Phi) is 3.11. The normalized spacial score (nSPS) is 14.2. The summed E-state index contributed by atoms with van der Waals surface area (Å²) in [5, 5.41) is 0.0593. The summed E-state index contributed by atoms with van der Waals surface area (Å²) in [5.74, 6) is -0.110. The Bertz CT molecular complexity index is 696. The third-order valence-corrected chi connectivity index (χ3v) is 3.69. The van der Waals surface area contributed by atoms with Gasteiger partial charge in [-0.05, 0) is 43.9 Å². The first-order valence-electron chi connectivity index (χ1n) is 6.22. The van der Waals surface area contributed by atoms with Crippen LogP contribution in [-0.2, 0) is 12.8 Å². The number of fused-ring (bicyclic) bond motifs is 1. The van der Waals surface area contributed by atoms with Crippen LogP contribution in [0, 0.1) is 5.82 Å². The first-order chi connectivity index (χ1) is 9.15. The zero-order valence-corrected chi connectivity index (χ0v) is 10.9. The first kappa shape index (κ1) is 12.4. The zero-order valence-electron chi connectivity index (χ0n) is 10.2. The molecule has 0 bridgehead atoms. The van der Waals surface area contributed by atoms with Crippen LogP contribution in [0.1, 0.15) is 24.1 Å². The summed E-state index contributed by atoms with van der Waals surface area (Å²) in [6.45, 7) is 0. The Morgan fingerprint density at radius 1 is 1.26 bits per heavy atom. The number of aromatic amines is 1. The summed E-state index contributed by atoms with van der Waals surface area (Å²) in [7, 11) is 0. The van der Waals surface area contributed by atoms with Gasteiger partial charge in [0.2, 0.25) is 0 Å². The lowest BCUT2D eigenvalue weighted by Crippen LogP contribution is -2.21. The standard InChI is InChI=1S/C14H12ClFN2O/c15-10-6-5-8(7-11(10)16)13-17-12-4-2-1-3-9(12)14(19)18-13/h5-7H,1-4H2,(H,17,18,19). The maximum absolute atomic E-state index is 13.5. The lowest BCUT2D eigenvalue weighted by molar-refractivity contribution is 0.628. The van der Waals surface area contributed by atoms with Gasteiger partial charge >= 0.3 is 0 Å². The second kappa shape index (κ2) is 4.78. The van der Waals surface area contributed by atoms with Crippen molar-refractivity contribution in [3.63, 3.8) is 0 Å². The molecule has 0 aliphatic heterocycles. The van der Waals surface area contributed by atoms with Crippen LogP contribution >= 0.6 is 11.6 Å². The number of aromatic nitrogens is 2. The third-order valence-electron chi connectivity index (χ3n) is 3.38. The van der Waals surface area contributed by atoms with E-state index in [4.69, 9.17) is 11.6 Å². The summed E-state index contributed by atoms with van der Waals surface area (Å²) >= 11 is 5.65. The third kappa shape index (κ3) is 2.28. The van der Waals surface area contributed by atoms with Crippen molar-refractivity contribution in [3.05, 3.63) is 50.7 Å². The van der Waals surface area contributed by atoms with Crippen molar-refractivity contribution in [2.45, 2.75) is 25.7 Å². The highest BCUT2D eigenvalue weighted by Crippen LogP contribution is 2.23. The van der Waals surface area contributed by atoms with Gasteiger partial charge in [0.05, 0.1) is 10.7 Å². The van der Waals surface area contributed by atoms with E-state index < -0.39 is 5.82 Å². The average Bonchev–Trinajstić information content (AvgIpc) is 2.42. The van der Waals surface area contributed by atoms with Crippen molar-refractivity contribution in [2.24, 2.45) is 0 Å². The quantitative estimate of drug-likeness (QED) is 0.871. The van der Waals surface area contributed by atoms with E-state index in [1.165, 1.54) is 12.1 Å². The molecule has 0 saturated heterocycles. The van der Waals surface area contributed by atoms with Crippen molar-refractivity contribution in [1.29, 1.82) is 0 Å². The van der Waals surface area contributed by atoms with Gasteiger partial charge in [0.25, 0.3) is 5.56 Å². The van der Waals surface area contributed by atoms with Crippen molar-refractivity contribution in [3.8, 4) is 11.4 Å². The van der Waals surface area contributed by atoms with Crippen LogP contribution in [0.25, 0.3) is 11.4 Å². The highest BCUT2D eigenvalue weighted by Gasteiger charge is 2.16. The monoisotopic (exact) mass is 278 g/mol. The molecule has 0 fully saturated rings. The molecule has 3 nitrogen and oxygen atoms in total. The number of halogens is 2. The maximum atomic E-state index is 13.5. The molecule has 1 aliphatic rings. The second-order valence-corrected chi connectivity index (χ2v) is 5.08. The number of nitrogens with zero attached hydrogens (tertiary/aromatic N) is 1. The molecule has 0 unspecified atom stereocenters. The van der Waals surface area contributed by atoms with E-state index in [1.54, 1.807) is 6.07 Å². The minimum absolute atomic E-state index is 0.0593. The van der Waals surface area contributed by atoms with Crippen molar-refractivity contribution < 1.29 is 4.39 Å². The fourth-order valence-electron chi connectivity index (χ4n) is 2.38. The summed E-state index contributed by atoms with van der Waals surface area (Å²) in [5.41, 5.74) is 2.02. The predicted molar refractivity (Wildman–Crippen MR) is 71.9 cm³/mol. The maximum Gasteiger partial charge on any atom is 0.254 e. The molecular weight excluding hydrogens is 267 g/mol. The van der Waals surface area contributed by atoms with Gasteiger partial charge in [-0.25, -0.2) is 9.37 Å². The van der Waals surface area contributed by atoms with Crippen LogP contribution in [0.4, 0.5) is 4.39 Å². The molecule has 1 N–H and O–H groups in total. The van der Waals surface area contributed by atoms with Crippen LogP contribution in [0.2, 0.25) is 5.02 Å². The summed E-state index contributed by atoms with van der Waals surface area (Å²) < 4.78 is 13.5. The Morgan fingerprint density at radius 2 is 2.05 bits per heavy atom. The Labute approximate surface area is 114 Å². The van der Waals surface area contributed by atoms with E-state index in [1.807, 2.05) is 0 Å². The number of rotatable bonds is 1. The van der Waals surface area contributed by atoms with Crippen molar-refractivity contribution in [1.82, 2.24) is 9.97 Å². The molecule has 1 aromatic carbocycles. The van der Waals surface area contributed by atoms with E-state index in [2.05, 4.69) is 9.97 Å². The Morgan fingerprint density at radius 3 is 2.84 bits per heavy atom. The van der Waals surface area contributed by atoms with Crippen LogP contribution in [0.15, 0.2) is 23.0 Å². The largest absolute Gasteiger partial charge is 0.306 e. The minimum atomic E-state index is -0.514. The molecule has 1 aromatic heterocycles. The fourth-order valence-corrected chi connectivity index (χ4v) is 2.50. The van der Waals surface area contributed by atoms with E-state index in [0.717, 1.165) is 36.9 Å². The minimum Gasteiger partial charge on any atom is -0.306 e.